The molecular weight excluding hydrogens is 219 g/mol. The highest BCUT2D eigenvalue weighted by Crippen LogP contribution is 2.22. The van der Waals surface area contributed by atoms with Crippen LogP contribution in [0.3, 0.4) is 0 Å². The van der Waals surface area contributed by atoms with Crippen molar-refractivity contribution >= 4 is 0 Å². The number of oxazole rings is 1. The summed E-state index contributed by atoms with van der Waals surface area (Å²) in [7, 11) is 1.89. The summed E-state index contributed by atoms with van der Waals surface area (Å²) in [6, 6.07) is 6.77. The third-order valence-electron chi connectivity index (χ3n) is 2.66. The van der Waals surface area contributed by atoms with Gasteiger partial charge in [0.25, 0.3) is 0 Å². The molecule has 0 amide bonds. The van der Waals surface area contributed by atoms with E-state index < -0.39 is 0 Å². The van der Waals surface area contributed by atoms with Crippen LogP contribution in [0.15, 0.2) is 34.9 Å². The van der Waals surface area contributed by atoms with E-state index in [4.69, 9.17) is 4.42 Å². The van der Waals surface area contributed by atoms with Crippen molar-refractivity contribution in [3.8, 4) is 11.5 Å². The lowest BCUT2D eigenvalue weighted by Gasteiger charge is -2.06. The highest BCUT2D eigenvalue weighted by Gasteiger charge is 2.12. The van der Waals surface area contributed by atoms with E-state index in [0.717, 1.165) is 12.2 Å². The summed E-state index contributed by atoms with van der Waals surface area (Å²) in [5.74, 6) is 0.772. The Kier molecular flexibility index (Phi) is 3.54. The minimum atomic E-state index is -0.317. The predicted molar refractivity (Wildman–Crippen MR) is 64.1 cm³/mol. The molecule has 0 saturated heterocycles. The first-order valence-electron chi connectivity index (χ1n) is 5.57. The zero-order chi connectivity index (χ0) is 12.3. The predicted octanol–water partition coefficient (Wildman–Crippen LogP) is 2.63. The summed E-state index contributed by atoms with van der Waals surface area (Å²) in [4.78, 5) is 4.10. The Morgan fingerprint density at radius 3 is 2.88 bits per heavy atom. The largest absolute Gasteiger partial charge is 0.441 e. The van der Waals surface area contributed by atoms with Crippen molar-refractivity contribution in [1.29, 1.82) is 0 Å². The molecule has 1 unspecified atom stereocenters. The lowest BCUT2D eigenvalue weighted by molar-refractivity contribution is 0.476. The first-order chi connectivity index (χ1) is 8.20. The summed E-state index contributed by atoms with van der Waals surface area (Å²) in [5, 5.41) is 3.11. The molecule has 1 atom stereocenters. The number of aromatic nitrogens is 1. The summed E-state index contributed by atoms with van der Waals surface area (Å²) in [6.07, 6.45) is 2.38. The van der Waals surface area contributed by atoms with Gasteiger partial charge in [0.15, 0.2) is 0 Å². The number of nitrogens with zero attached hydrogens (tertiary/aromatic N) is 1. The second-order valence-corrected chi connectivity index (χ2v) is 4.01. The lowest BCUT2D eigenvalue weighted by Crippen LogP contribution is -2.23. The average Bonchev–Trinajstić information content (AvgIpc) is 2.78. The van der Waals surface area contributed by atoms with Gasteiger partial charge in [-0.1, -0.05) is 12.1 Å². The van der Waals surface area contributed by atoms with Crippen LogP contribution in [0, 0.1) is 5.82 Å². The smallest absolute Gasteiger partial charge is 0.229 e. The van der Waals surface area contributed by atoms with E-state index in [1.54, 1.807) is 24.4 Å². The lowest BCUT2D eigenvalue weighted by atomic mass is 10.2. The normalized spacial score (nSPS) is 12.6. The van der Waals surface area contributed by atoms with Gasteiger partial charge in [-0.3, -0.25) is 0 Å². The maximum Gasteiger partial charge on any atom is 0.229 e. The molecule has 2 aromatic rings. The van der Waals surface area contributed by atoms with Gasteiger partial charge in [0.2, 0.25) is 5.89 Å². The Morgan fingerprint density at radius 2 is 2.18 bits per heavy atom. The van der Waals surface area contributed by atoms with Crippen LogP contribution in [-0.4, -0.2) is 18.1 Å². The fraction of sp³-hybridized carbons (Fsp3) is 0.308. The van der Waals surface area contributed by atoms with E-state index in [2.05, 4.69) is 10.3 Å². The standard InChI is InChI=1S/C13H15FN2O/c1-9(15-2)7-10-8-16-13(17-10)11-5-3-4-6-12(11)14/h3-6,8-9,15H,7H2,1-2H3. The topological polar surface area (TPSA) is 38.1 Å². The molecule has 4 heteroatoms. The van der Waals surface area contributed by atoms with Gasteiger partial charge >= 0.3 is 0 Å². The molecule has 90 valence electrons. The van der Waals surface area contributed by atoms with Crippen LogP contribution >= 0.6 is 0 Å². The van der Waals surface area contributed by atoms with Gasteiger partial charge in [0.1, 0.15) is 11.6 Å². The number of likely N-dealkylation sites (N-methyl/N-ethyl adjacent to an activating group) is 1. The average molecular weight is 234 g/mol. The summed E-state index contributed by atoms with van der Waals surface area (Å²) in [6.45, 7) is 2.05. The molecule has 0 bridgehead atoms. The number of nitrogens with one attached hydrogen (secondary N) is 1. The van der Waals surface area contributed by atoms with E-state index in [1.807, 2.05) is 14.0 Å². The quantitative estimate of drug-likeness (QED) is 0.883. The van der Waals surface area contributed by atoms with Crippen LogP contribution in [-0.2, 0) is 6.42 Å². The van der Waals surface area contributed by atoms with Crippen LogP contribution in [0.5, 0.6) is 0 Å². The van der Waals surface area contributed by atoms with Gasteiger partial charge in [-0.15, -0.1) is 0 Å². The van der Waals surface area contributed by atoms with Crippen molar-refractivity contribution in [2.45, 2.75) is 19.4 Å². The van der Waals surface area contributed by atoms with Crippen molar-refractivity contribution in [1.82, 2.24) is 10.3 Å². The molecule has 0 aliphatic carbocycles. The van der Waals surface area contributed by atoms with Crippen molar-refractivity contribution in [2.75, 3.05) is 7.05 Å². The summed E-state index contributed by atoms with van der Waals surface area (Å²) in [5.41, 5.74) is 0.399. The molecule has 0 radical (unpaired) electrons. The van der Waals surface area contributed by atoms with Crippen molar-refractivity contribution in [3.63, 3.8) is 0 Å². The van der Waals surface area contributed by atoms with Crippen LogP contribution in [0.4, 0.5) is 4.39 Å². The van der Waals surface area contributed by atoms with E-state index in [9.17, 15) is 4.39 Å². The van der Waals surface area contributed by atoms with E-state index >= 15 is 0 Å². The fourth-order valence-corrected chi connectivity index (χ4v) is 1.56. The van der Waals surface area contributed by atoms with Gasteiger partial charge in [-0.2, -0.15) is 0 Å². The van der Waals surface area contributed by atoms with Gasteiger partial charge < -0.3 is 9.73 Å². The molecule has 1 heterocycles. The molecule has 1 aromatic carbocycles. The van der Waals surface area contributed by atoms with Crippen LogP contribution in [0.25, 0.3) is 11.5 Å². The zero-order valence-electron chi connectivity index (χ0n) is 9.90. The van der Waals surface area contributed by atoms with E-state index in [0.29, 0.717) is 17.5 Å². The highest BCUT2D eigenvalue weighted by molar-refractivity contribution is 5.53. The summed E-state index contributed by atoms with van der Waals surface area (Å²) >= 11 is 0. The van der Waals surface area contributed by atoms with Crippen molar-refractivity contribution in [3.05, 3.63) is 42.0 Å². The fourth-order valence-electron chi connectivity index (χ4n) is 1.56. The highest BCUT2D eigenvalue weighted by atomic mass is 19.1. The minimum absolute atomic E-state index is 0.302. The summed E-state index contributed by atoms with van der Waals surface area (Å²) < 4.78 is 19.0. The Hall–Kier alpha value is -1.68. The molecule has 0 fully saturated rings. The second-order valence-electron chi connectivity index (χ2n) is 4.01. The third kappa shape index (κ3) is 2.71. The maximum atomic E-state index is 13.5. The van der Waals surface area contributed by atoms with Crippen molar-refractivity contribution < 1.29 is 8.81 Å². The van der Waals surface area contributed by atoms with Gasteiger partial charge in [-0.05, 0) is 26.1 Å². The molecule has 1 aromatic heterocycles. The zero-order valence-corrected chi connectivity index (χ0v) is 9.90. The number of hydrogen-bond acceptors (Lipinski definition) is 3. The van der Waals surface area contributed by atoms with E-state index in [1.165, 1.54) is 6.07 Å². The first kappa shape index (κ1) is 11.8. The molecule has 2 rings (SSSR count). The first-order valence-corrected chi connectivity index (χ1v) is 5.57. The molecule has 17 heavy (non-hydrogen) atoms. The second kappa shape index (κ2) is 5.10. The number of halogens is 1. The van der Waals surface area contributed by atoms with Gasteiger partial charge in [0, 0.05) is 12.5 Å². The Labute approximate surface area is 99.7 Å². The van der Waals surface area contributed by atoms with Crippen LogP contribution in [0.2, 0.25) is 0 Å². The van der Waals surface area contributed by atoms with Crippen LogP contribution in [0.1, 0.15) is 12.7 Å². The van der Waals surface area contributed by atoms with Gasteiger partial charge in [0.05, 0.1) is 11.8 Å². The Balaban J connectivity index is 2.21. The van der Waals surface area contributed by atoms with Crippen LogP contribution < -0.4 is 5.32 Å². The van der Waals surface area contributed by atoms with E-state index in [-0.39, 0.29) is 5.82 Å². The molecular formula is C13H15FN2O. The molecule has 0 saturated carbocycles. The third-order valence-corrected chi connectivity index (χ3v) is 2.66. The molecule has 3 nitrogen and oxygen atoms in total. The molecule has 1 N–H and O–H groups in total. The minimum Gasteiger partial charge on any atom is -0.441 e. The molecule has 0 spiro atoms. The molecule has 0 aliphatic heterocycles. The maximum absolute atomic E-state index is 13.5. The monoisotopic (exact) mass is 234 g/mol. The number of benzene rings is 1. The van der Waals surface area contributed by atoms with Crippen molar-refractivity contribution in [2.24, 2.45) is 0 Å². The Bertz CT molecular complexity index is 496. The van der Waals surface area contributed by atoms with Gasteiger partial charge in [-0.25, -0.2) is 9.37 Å². The number of rotatable bonds is 4. The SMILES string of the molecule is CNC(C)Cc1cnc(-c2ccccc2F)o1. The molecule has 0 aliphatic rings. The number of hydrogen-bond donors (Lipinski definition) is 1. The Morgan fingerprint density at radius 1 is 1.41 bits per heavy atom.